The van der Waals surface area contributed by atoms with Gasteiger partial charge in [0.25, 0.3) is 0 Å². The zero-order chi connectivity index (χ0) is 20.4. The summed E-state index contributed by atoms with van der Waals surface area (Å²) in [4.78, 5) is 17.8. The molecule has 4 rings (SSSR count). The molecule has 2 aromatic carbocycles. The molecular weight excluding hydrogens is 386 g/mol. The van der Waals surface area contributed by atoms with E-state index < -0.39 is 0 Å². The number of ether oxygens (including phenoxy) is 1. The number of carbonyl (C=O) groups excluding carboxylic acids is 1. The fourth-order valence-electron chi connectivity index (χ4n) is 4.56. The molecule has 1 fully saturated rings. The molecule has 2 aliphatic heterocycles. The standard InChI is InChI=1S/C23H28ClN3O2/c1-3-25-23(28)20-12-17-6-9-19(29-2)13-21(17)27-11-10-26(15-22(20)27)14-16-4-7-18(24)8-5-16/h4-9,13,20,22H,3,10-12,14-15H2,1-2H3,(H,25,28)/t20-,22+/m1/s1. The first-order valence-corrected chi connectivity index (χ1v) is 10.6. The summed E-state index contributed by atoms with van der Waals surface area (Å²) in [6, 6.07) is 14.4. The number of halogens is 1. The molecule has 29 heavy (non-hydrogen) atoms. The molecule has 0 unspecified atom stereocenters. The van der Waals surface area contributed by atoms with Crippen molar-refractivity contribution in [2.45, 2.75) is 25.9 Å². The van der Waals surface area contributed by atoms with Gasteiger partial charge >= 0.3 is 0 Å². The largest absolute Gasteiger partial charge is 0.497 e. The molecule has 2 aliphatic rings. The highest BCUT2D eigenvalue weighted by atomic mass is 35.5. The molecule has 0 aliphatic carbocycles. The van der Waals surface area contributed by atoms with E-state index in [9.17, 15) is 4.79 Å². The molecule has 0 aromatic heterocycles. The van der Waals surface area contributed by atoms with Crippen molar-refractivity contribution in [3.05, 3.63) is 58.6 Å². The molecule has 0 spiro atoms. The van der Waals surface area contributed by atoms with E-state index in [1.807, 2.05) is 25.1 Å². The number of piperazine rings is 1. The second-order valence-electron chi connectivity index (χ2n) is 7.82. The van der Waals surface area contributed by atoms with Crippen molar-refractivity contribution >= 4 is 23.2 Å². The molecule has 5 nitrogen and oxygen atoms in total. The van der Waals surface area contributed by atoms with Crippen LogP contribution in [0.2, 0.25) is 5.02 Å². The van der Waals surface area contributed by atoms with Gasteiger partial charge in [0.2, 0.25) is 5.91 Å². The number of nitrogens with one attached hydrogen (secondary N) is 1. The van der Waals surface area contributed by atoms with Crippen LogP contribution in [0.4, 0.5) is 5.69 Å². The summed E-state index contributed by atoms with van der Waals surface area (Å²) in [6.45, 7) is 6.22. The van der Waals surface area contributed by atoms with Crippen molar-refractivity contribution < 1.29 is 9.53 Å². The van der Waals surface area contributed by atoms with Gasteiger partial charge in [-0.1, -0.05) is 29.8 Å². The average molecular weight is 414 g/mol. The second-order valence-corrected chi connectivity index (χ2v) is 8.26. The number of benzene rings is 2. The van der Waals surface area contributed by atoms with Gasteiger partial charge in [-0.05, 0) is 42.7 Å². The van der Waals surface area contributed by atoms with E-state index >= 15 is 0 Å². The summed E-state index contributed by atoms with van der Waals surface area (Å²) in [7, 11) is 1.70. The molecule has 0 radical (unpaired) electrons. The Morgan fingerprint density at radius 1 is 1.21 bits per heavy atom. The lowest BCUT2D eigenvalue weighted by atomic mass is 9.83. The minimum atomic E-state index is -0.0520. The molecule has 154 valence electrons. The van der Waals surface area contributed by atoms with Gasteiger partial charge in [-0.15, -0.1) is 0 Å². The van der Waals surface area contributed by atoms with E-state index in [0.717, 1.165) is 43.4 Å². The number of carbonyl (C=O) groups is 1. The van der Waals surface area contributed by atoms with E-state index in [4.69, 9.17) is 16.3 Å². The Kier molecular flexibility index (Phi) is 5.97. The van der Waals surface area contributed by atoms with Crippen LogP contribution in [0.5, 0.6) is 5.75 Å². The third-order valence-corrected chi connectivity index (χ3v) is 6.27. The SMILES string of the molecule is CCNC(=O)[C@@H]1Cc2ccc(OC)cc2N2CCN(Cc3ccc(Cl)cc3)C[C@@H]12. The highest BCUT2D eigenvalue weighted by Crippen LogP contribution is 2.38. The minimum Gasteiger partial charge on any atom is -0.497 e. The Labute approximate surface area is 177 Å². The van der Waals surface area contributed by atoms with Gasteiger partial charge in [0.1, 0.15) is 5.75 Å². The molecule has 6 heteroatoms. The van der Waals surface area contributed by atoms with Crippen molar-refractivity contribution in [3.8, 4) is 5.75 Å². The number of methoxy groups -OCH3 is 1. The van der Waals surface area contributed by atoms with Gasteiger partial charge in [0, 0.05) is 49.5 Å². The molecule has 0 saturated carbocycles. The third-order valence-electron chi connectivity index (χ3n) is 6.02. The maximum Gasteiger partial charge on any atom is 0.225 e. The maximum atomic E-state index is 12.9. The first kappa shape index (κ1) is 20.0. The normalized spacial score (nSPS) is 21.3. The van der Waals surface area contributed by atoms with Gasteiger partial charge in [-0.25, -0.2) is 0 Å². The predicted molar refractivity (Wildman–Crippen MR) is 117 cm³/mol. The summed E-state index contributed by atoms with van der Waals surface area (Å²) < 4.78 is 5.46. The maximum absolute atomic E-state index is 12.9. The molecule has 1 N–H and O–H groups in total. The molecule has 2 heterocycles. The number of rotatable bonds is 5. The van der Waals surface area contributed by atoms with Crippen molar-refractivity contribution in [3.63, 3.8) is 0 Å². The molecule has 1 amide bonds. The lowest BCUT2D eigenvalue weighted by Crippen LogP contribution is -2.60. The van der Waals surface area contributed by atoms with Crippen LogP contribution in [-0.2, 0) is 17.8 Å². The van der Waals surface area contributed by atoms with Crippen molar-refractivity contribution in [2.75, 3.05) is 38.2 Å². The fraction of sp³-hybridized carbons (Fsp3) is 0.435. The number of hydrogen-bond donors (Lipinski definition) is 1. The number of amides is 1. The lowest BCUT2D eigenvalue weighted by molar-refractivity contribution is -0.126. The van der Waals surface area contributed by atoms with Crippen molar-refractivity contribution in [2.24, 2.45) is 5.92 Å². The predicted octanol–water partition coefficient (Wildman–Crippen LogP) is 3.35. The van der Waals surface area contributed by atoms with Gasteiger partial charge in [0.15, 0.2) is 0 Å². The molecule has 0 bridgehead atoms. The van der Waals surface area contributed by atoms with E-state index in [2.05, 4.69) is 39.4 Å². The van der Waals surface area contributed by atoms with Crippen LogP contribution in [0.25, 0.3) is 0 Å². The van der Waals surface area contributed by atoms with Gasteiger partial charge in [-0.2, -0.15) is 0 Å². The summed E-state index contributed by atoms with van der Waals surface area (Å²) in [6.07, 6.45) is 0.765. The zero-order valence-electron chi connectivity index (χ0n) is 17.0. The summed E-state index contributed by atoms with van der Waals surface area (Å²) >= 11 is 6.03. The summed E-state index contributed by atoms with van der Waals surface area (Å²) in [5.74, 6) is 0.962. The van der Waals surface area contributed by atoms with Crippen molar-refractivity contribution in [1.82, 2.24) is 10.2 Å². The quantitative estimate of drug-likeness (QED) is 0.816. The summed E-state index contributed by atoms with van der Waals surface area (Å²) in [5.41, 5.74) is 3.68. The average Bonchev–Trinajstić information content (AvgIpc) is 2.74. The van der Waals surface area contributed by atoms with Gasteiger partial charge in [-0.3, -0.25) is 9.69 Å². The van der Waals surface area contributed by atoms with E-state index in [0.29, 0.717) is 6.54 Å². The lowest BCUT2D eigenvalue weighted by Gasteiger charge is -2.49. The molecular formula is C23H28ClN3O2. The highest BCUT2D eigenvalue weighted by molar-refractivity contribution is 6.30. The fourth-order valence-corrected chi connectivity index (χ4v) is 4.69. The van der Waals surface area contributed by atoms with Gasteiger partial charge < -0.3 is 15.0 Å². The highest BCUT2D eigenvalue weighted by Gasteiger charge is 2.41. The Hall–Kier alpha value is -2.24. The second kappa shape index (κ2) is 8.64. The smallest absolute Gasteiger partial charge is 0.225 e. The number of nitrogens with zero attached hydrogens (tertiary/aromatic N) is 2. The van der Waals surface area contributed by atoms with E-state index in [1.54, 1.807) is 7.11 Å². The van der Waals surface area contributed by atoms with E-state index in [-0.39, 0.29) is 17.9 Å². The van der Waals surface area contributed by atoms with Crippen LogP contribution in [-0.4, -0.2) is 50.1 Å². The van der Waals surface area contributed by atoms with Crippen LogP contribution in [0.3, 0.4) is 0 Å². The van der Waals surface area contributed by atoms with E-state index in [1.165, 1.54) is 16.8 Å². The third kappa shape index (κ3) is 4.21. The number of fused-ring (bicyclic) bond motifs is 3. The molecule has 1 saturated heterocycles. The minimum absolute atomic E-state index is 0.0520. The summed E-state index contributed by atoms with van der Waals surface area (Å²) in [5, 5.41) is 3.81. The first-order valence-electron chi connectivity index (χ1n) is 10.3. The Bertz CT molecular complexity index is 871. The first-order chi connectivity index (χ1) is 14.1. The molecule has 2 aromatic rings. The Morgan fingerprint density at radius 3 is 2.72 bits per heavy atom. The topological polar surface area (TPSA) is 44.8 Å². The number of anilines is 1. The van der Waals surface area contributed by atoms with Crippen LogP contribution >= 0.6 is 11.6 Å². The zero-order valence-corrected chi connectivity index (χ0v) is 17.8. The number of hydrogen-bond acceptors (Lipinski definition) is 4. The molecule has 2 atom stereocenters. The van der Waals surface area contributed by atoms with Crippen LogP contribution < -0.4 is 15.0 Å². The monoisotopic (exact) mass is 413 g/mol. The Balaban J connectivity index is 1.59. The van der Waals surface area contributed by atoms with Crippen LogP contribution in [0, 0.1) is 5.92 Å². The van der Waals surface area contributed by atoms with Crippen LogP contribution in [0.1, 0.15) is 18.1 Å². The van der Waals surface area contributed by atoms with Crippen LogP contribution in [0.15, 0.2) is 42.5 Å². The van der Waals surface area contributed by atoms with Gasteiger partial charge in [0.05, 0.1) is 19.1 Å². The Morgan fingerprint density at radius 2 is 2.00 bits per heavy atom. The van der Waals surface area contributed by atoms with Crippen molar-refractivity contribution in [1.29, 1.82) is 0 Å².